The molecule has 3 rings (SSSR count). The Morgan fingerprint density at radius 2 is 1.83 bits per heavy atom. The van der Waals surface area contributed by atoms with Gasteiger partial charge in [-0.15, -0.1) is 0 Å². The Hall–Kier alpha value is -3.05. The van der Waals surface area contributed by atoms with Gasteiger partial charge in [0, 0.05) is 31.0 Å². The normalized spacial score (nSPS) is 10.5. The van der Waals surface area contributed by atoms with E-state index in [0.717, 1.165) is 16.8 Å². The molecule has 1 amide bonds. The molecular formula is C23H24ClN3O2. The lowest BCUT2D eigenvalue weighted by Gasteiger charge is -2.22. The summed E-state index contributed by atoms with van der Waals surface area (Å²) in [6.45, 7) is 2.22. The van der Waals surface area contributed by atoms with Gasteiger partial charge in [-0.1, -0.05) is 29.8 Å². The van der Waals surface area contributed by atoms with Crippen LogP contribution < -0.4 is 14.5 Å². The number of carbonyl (C=O) groups excluding carboxylic acids is 1. The van der Waals surface area contributed by atoms with Gasteiger partial charge in [-0.25, -0.2) is 4.98 Å². The number of amides is 1. The number of hydrogen-bond donors (Lipinski definition) is 0. The molecule has 0 aliphatic carbocycles. The average molecular weight is 410 g/mol. The first-order valence-electron chi connectivity index (χ1n) is 9.30. The number of pyridine rings is 1. The highest BCUT2D eigenvalue weighted by Gasteiger charge is 2.18. The van der Waals surface area contributed by atoms with E-state index in [1.165, 1.54) is 0 Å². The Bertz CT molecular complexity index is 960. The smallest absolute Gasteiger partial charge is 0.266 e. The minimum atomic E-state index is -0.173. The fourth-order valence-corrected chi connectivity index (χ4v) is 2.94. The van der Waals surface area contributed by atoms with Crippen LogP contribution >= 0.6 is 11.6 Å². The summed E-state index contributed by atoms with van der Waals surface area (Å²) < 4.78 is 5.71. The van der Waals surface area contributed by atoms with Gasteiger partial charge in [0.1, 0.15) is 11.6 Å². The SMILES string of the molecule is Cc1cc(OCC(=O)N(Cc2ccc(N(C)C)cc2)c2ccccn2)ccc1Cl. The number of aryl methyl sites for hydroxylation is 1. The minimum absolute atomic E-state index is 0.0899. The number of anilines is 2. The molecule has 150 valence electrons. The van der Waals surface area contributed by atoms with E-state index in [9.17, 15) is 4.79 Å². The highest BCUT2D eigenvalue weighted by atomic mass is 35.5. The summed E-state index contributed by atoms with van der Waals surface area (Å²) in [5.41, 5.74) is 3.02. The number of nitrogens with zero attached hydrogens (tertiary/aromatic N) is 3. The van der Waals surface area contributed by atoms with Crippen molar-refractivity contribution in [1.29, 1.82) is 0 Å². The van der Waals surface area contributed by atoms with Crippen LogP contribution in [-0.2, 0) is 11.3 Å². The second-order valence-corrected chi connectivity index (χ2v) is 7.34. The summed E-state index contributed by atoms with van der Waals surface area (Å²) in [5.74, 6) is 1.02. The molecule has 0 saturated carbocycles. The molecule has 0 aliphatic heterocycles. The summed E-state index contributed by atoms with van der Waals surface area (Å²) in [6, 6.07) is 18.9. The number of benzene rings is 2. The van der Waals surface area contributed by atoms with E-state index in [4.69, 9.17) is 16.3 Å². The molecule has 0 spiro atoms. The van der Waals surface area contributed by atoms with Crippen molar-refractivity contribution in [2.24, 2.45) is 0 Å². The lowest BCUT2D eigenvalue weighted by atomic mass is 10.2. The van der Waals surface area contributed by atoms with E-state index < -0.39 is 0 Å². The van der Waals surface area contributed by atoms with E-state index in [1.807, 2.05) is 74.4 Å². The van der Waals surface area contributed by atoms with Crippen molar-refractivity contribution in [3.63, 3.8) is 0 Å². The molecule has 0 unspecified atom stereocenters. The number of ether oxygens (including phenoxy) is 1. The first kappa shape index (κ1) is 20.7. The van der Waals surface area contributed by atoms with Crippen LogP contribution in [0.4, 0.5) is 11.5 Å². The van der Waals surface area contributed by atoms with Crippen LogP contribution in [0.25, 0.3) is 0 Å². The first-order chi connectivity index (χ1) is 13.9. The zero-order chi connectivity index (χ0) is 20.8. The molecule has 29 heavy (non-hydrogen) atoms. The van der Waals surface area contributed by atoms with Crippen molar-refractivity contribution in [2.45, 2.75) is 13.5 Å². The highest BCUT2D eigenvalue weighted by molar-refractivity contribution is 6.31. The van der Waals surface area contributed by atoms with Gasteiger partial charge in [0.15, 0.2) is 6.61 Å². The van der Waals surface area contributed by atoms with Crippen molar-refractivity contribution in [2.75, 3.05) is 30.5 Å². The van der Waals surface area contributed by atoms with Crippen molar-refractivity contribution < 1.29 is 9.53 Å². The van der Waals surface area contributed by atoms with Crippen LogP contribution in [0.1, 0.15) is 11.1 Å². The summed E-state index contributed by atoms with van der Waals surface area (Å²) >= 11 is 6.05. The van der Waals surface area contributed by atoms with Crippen LogP contribution in [0.2, 0.25) is 5.02 Å². The molecule has 0 saturated heterocycles. The zero-order valence-corrected chi connectivity index (χ0v) is 17.6. The van der Waals surface area contributed by atoms with Gasteiger partial charge in [-0.3, -0.25) is 9.69 Å². The summed E-state index contributed by atoms with van der Waals surface area (Å²) in [4.78, 5) is 21.0. The molecular weight excluding hydrogens is 386 g/mol. The fourth-order valence-electron chi connectivity index (χ4n) is 2.82. The van der Waals surface area contributed by atoms with Crippen LogP contribution in [-0.4, -0.2) is 31.6 Å². The number of aromatic nitrogens is 1. The lowest BCUT2D eigenvalue weighted by Crippen LogP contribution is -2.35. The second kappa shape index (κ2) is 9.43. The van der Waals surface area contributed by atoms with Gasteiger partial charge in [0.2, 0.25) is 0 Å². The number of rotatable bonds is 7. The monoisotopic (exact) mass is 409 g/mol. The molecule has 0 atom stereocenters. The molecule has 0 fully saturated rings. The molecule has 3 aromatic rings. The Labute approximate surface area is 176 Å². The third kappa shape index (κ3) is 5.48. The third-order valence-corrected chi connectivity index (χ3v) is 4.94. The van der Waals surface area contributed by atoms with Crippen LogP contribution in [0.5, 0.6) is 5.75 Å². The van der Waals surface area contributed by atoms with E-state index in [-0.39, 0.29) is 12.5 Å². The Morgan fingerprint density at radius 1 is 1.07 bits per heavy atom. The third-order valence-electron chi connectivity index (χ3n) is 4.51. The molecule has 0 radical (unpaired) electrons. The standard InChI is InChI=1S/C23H24ClN3O2/c1-17-14-20(11-12-21(17)24)29-16-23(28)27(22-6-4-5-13-25-22)15-18-7-9-19(10-8-18)26(2)3/h4-14H,15-16H2,1-3H3. The molecule has 0 aliphatic rings. The Morgan fingerprint density at radius 3 is 2.45 bits per heavy atom. The van der Waals surface area contributed by atoms with E-state index >= 15 is 0 Å². The van der Waals surface area contributed by atoms with Crippen molar-refractivity contribution in [1.82, 2.24) is 4.98 Å². The van der Waals surface area contributed by atoms with E-state index in [1.54, 1.807) is 23.2 Å². The maximum Gasteiger partial charge on any atom is 0.266 e. The average Bonchev–Trinajstić information content (AvgIpc) is 2.73. The van der Waals surface area contributed by atoms with Gasteiger partial charge in [-0.05, 0) is 60.5 Å². The molecule has 5 nitrogen and oxygen atoms in total. The predicted octanol–water partition coefficient (Wildman–Crippen LogP) is 4.72. The predicted molar refractivity (Wildman–Crippen MR) is 118 cm³/mol. The molecule has 0 bridgehead atoms. The number of carbonyl (C=O) groups is 1. The summed E-state index contributed by atoms with van der Waals surface area (Å²) in [7, 11) is 3.99. The van der Waals surface area contributed by atoms with E-state index in [0.29, 0.717) is 23.1 Å². The van der Waals surface area contributed by atoms with Crippen molar-refractivity contribution in [3.05, 3.63) is 83.0 Å². The topological polar surface area (TPSA) is 45.7 Å². The van der Waals surface area contributed by atoms with Crippen LogP contribution in [0.3, 0.4) is 0 Å². The van der Waals surface area contributed by atoms with Crippen LogP contribution in [0.15, 0.2) is 66.9 Å². The minimum Gasteiger partial charge on any atom is -0.484 e. The lowest BCUT2D eigenvalue weighted by molar-refractivity contribution is -0.120. The summed E-state index contributed by atoms with van der Waals surface area (Å²) in [6.07, 6.45) is 1.67. The zero-order valence-electron chi connectivity index (χ0n) is 16.8. The second-order valence-electron chi connectivity index (χ2n) is 6.93. The molecule has 0 N–H and O–H groups in total. The molecule has 1 heterocycles. The molecule has 6 heteroatoms. The quantitative estimate of drug-likeness (QED) is 0.566. The Kier molecular flexibility index (Phi) is 6.73. The maximum atomic E-state index is 13.0. The molecule has 2 aromatic carbocycles. The Balaban J connectivity index is 1.76. The van der Waals surface area contributed by atoms with Gasteiger partial charge in [0.25, 0.3) is 5.91 Å². The highest BCUT2D eigenvalue weighted by Crippen LogP contribution is 2.22. The van der Waals surface area contributed by atoms with Crippen molar-refractivity contribution in [3.8, 4) is 5.75 Å². The van der Waals surface area contributed by atoms with Gasteiger partial charge < -0.3 is 9.64 Å². The van der Waals surface area contributed by atoms with E-state index in [2.05, 4.69) is 4.98 Å². The maximum absolute atomic E-state index is 13.0. The summed E-state index contributed by atoms with van der Waals surface area (Å²) in [5, 5.41) is 0.667. The van der Waals surface area contributed by atoms with Gasteiger partial charge in [0.05, 0.1) is 6.54 Å². The van der Waals surface area contributed by atoms with Gasteiger partial charge >= 0.3 is 0 Å². The molecule has 1 aromatic heterocycles. The number of halogens is 1. The van der Waals surface area contributed by atoms with Gasteiger partial charge in [-0.2, -0.15) is 0 Å². The largest absolute Gasteiger partial charge is 0.484 e. The number of hydrogen-bond acceptors (Lipinski definition) is 4. The fraction of sp³-hybridized carbons (Fsp3) is 0.217. The van der Waals surface area contributed by atoms with Crippen molar-refractivity contribution >= 4 is 29.0 Å². The van der Waals surface area contributed by atoms with Crippen LogP contribution in [0, 0.1) is 6.92 Å². The first-order valence-corrected chi connectivity index (χ1v) is 9.68.